The predicted molar refractivity (Wildman–Crippen MR) is 77.7 cm³/mol. The first kappa shape index (κ1) is 15.5. The van der Waals surface area contributed by atoms with Gasteiger partial charge in [-0.1, -0.05) is 30.3 Å². The van der Waals surface area contributed by atoms with Crippen LogP contribution in [0.25, 0.3) is 0 Å². The Balaban J connectivity index is 1.78. The number of nitrogens with one attached hydrogen (secondary N) is 1. The summed E-state index contributed by atoms with van der Waals surface area (Å²) in [4.78, 5) is 2.19. The maximum Gasteiger partial charge on any atom is 0.508 e. The van der Waals surface area contributed by atoms with Crippen molar-refractivity contribution in [2.45, 2.75) is 12.8 Å². The standard InChI is InChI=1S/C12H19BN2O4S/c16-13(12-6-2-1-3-7-12)19-20(17,18)14-8-11-15-9-4-5-10-15/h1-3,6-7,14,16H,4-5,8-11H2. The molecule has 110 valence electrons. The van der Waals surface area contributed by atoms with E-state index < -0.39 is 17.4 Å². The monoisotopic (exact) mass is 298 g/mol. The molecular formula is C12H19BN2O4S. The van der Waals surface area contributed by atoms with Gasteiger partial charge in [-0.05, 0) is 31.4 Å². The summed E-state index contributed by atoms with van der Waals surface area (Å²) >= 11 is 0. The van der Waals surface area contributed by atoms with E-state index in [1.807, 2.05) is 0 Å². The highest BCUT2D eigenvalue weighted by molar-refractivity contribution is 7.85. The number of rotatable bonds is 7. The molecule has 1 aromatic carbocycles. The first-order valence-corrected chi connectivity index (χ1v) is 8.11. The highest BCUT2D eigenvalue weighted by Crippen LogP contribution is 2.05. The van der Waals surface area contributed by atoms with Gasteiger partial charge in [-0.3, -0.25) is 4.10 Å². The molecule has 6 nitrogen and oxygen atoms in total. The van der Waals surface area contributed by atoms with E-state index in [1.54, 1.807) is 30.3 Å². The minimum absolute atomic E-state index is 0.282. The first-order chi connectivity index (χ1) is 9.57. The maximum atomic E-state index is 11.7. The third-order valence-electron chi connectivity index (χ3n) is 3.21. The Morgan fingerprint density at radius 1 is 1.25 bits per heavy atom. The lowest BCUT2D eigenvalue weighted by molar-refractivity contribution is 0.340. The average Bonchev–Trinajstić information content (AvgIpc) is 2.92. The smallest absolute Gasteiger partial charge is 0.422 e. The largest absolute Gasteiger partial charge is 0.508 e. The van der Waals surface area contributed by atoms with Crippen molar-refractivity contribution in [2.75, 3.05) is 26.2 Å². The molecule has 20 heavy (non-hydrogen) atoms. The zero-order chi connectivity index (χ0) is 14.4. The third kappa shape index (κ3) is 4.88. The van der Waals surface area contributed by atoms with Gasteiger partial charge in [0, 0.05) is 13.1 Å². The molecule has 1 heterocycles. The van der Waals surface area contributed by atoms with Gasteiger partial charge in [0.15, 0.2) is 0 Å². The lowest BCUT2D eigenvalue weighted by Gasteiger charge is -2.15. The fraction of sp³-hybridized carbons (Fsp3) is 0.500. The van der Waals surface area contributed by atoms with Crippen molar-refractivity contribution in [3.63, 3.8) is 0 Å². The molecule has 1 aliphatic rings. The van der Waals surface area contributed by atoms with Gasteiger partial charge in [-0.2, -0.15) is 13.1 Å². The van der Waals surface area contributed by atoms with Crippen LogP contribution in [0.1, 0.15) is 12.8 Å². The van der Waals surface area contributed by atoms with Crippen molar-refractivity contribution in [1.82, 2.24) is 9.62 Å². The fourth-order valence-corrected chi connectivity index (χ4v) is 2.92. The van der Waals surface area contributed by atoms with E-state index in [4.69, 9.17) is 0 Å². The molecule has 0 radical (unpaired) electrons. The molecule has 1 fully saturated rings. The molecular weight excluding hydrogens is 279 g/mol. The number of benzene rings is 1. The van der Waals surface area contributed by atoms with E-state index in [2.05, 4.69) is 13.7 Å². The summed E-state index contributed by atoms with van der Waals surface area (Å²) < 4.78 is 30.4. The van der Waals surface area contributed by atoms with Gasteiger partial charge >= 0.3 is 17.4 Å². The third-order valence-corrected chi connectivity index (χ3v) is 4.20. The Bertz CT molecular complexity index is 505. The zero-order valence-corrected chi connectivity index (χ0v) is 12.1. The Kier molecular flexibility index (Phi) is 5.56. The van der Waals surface area contributed by atoms with E-state index in [0.717, 1.165) is 25.9 Å². The second-order valence-electron chi connectivity index (χ2n) is 4.76. The summed E-state index contributed by atoms with van der Waals surface area (Å²) in [5.74, 6) is 0. The summed E-state index contributed by atoms with van der Waals surface area (Å²) in [6.07, 6.45) is 2.33. The zero-order valence-electron chi connectivity index (χ0n) is 11.2. The Morgan fingerprint density at radius 2 is 1.90 bits per heavy atom. The second-order valence-corrected chi connectivity index (χ2v) is 6.15. The van der Waals surface area contributed by atoms with Crippen molar-refractivity contribution in [1.29, 1.82) is 0 Å². The second kappa shape index (κ2) is 7.19. The summed E-state index contributed by atoms with van der Waals surface area (Å²) in [5, 5.41) is 9.72. The number of hydrogen-bond donors (Lipinski definition) is 2. The molecule has 1 aromatic rings. The van der Waals surface area contributed by atoms with Crippen LogP contribution in [0.5, 0.6) is 0 Å². The topological polar surface area (TPSA) is 78.9 Å². The van der Waals surface area contributed by atoms with Crippen LogP contribution < -0.4 is 10.2 Å². The van der Waals surface area contributed by atoms with E-state index in [-0.39, 0.29) is 6.54 Å². The molecule has 1 saturated heterocycles. The van der Waals surface area contributed by atoms with Crippen molar-refractivity contribution < 1.29 is 17.5 Å². The summed E-state index contributed by atoms with van der Waals surface area (Å²) in [5.41, 5.74) is 0.400. The quantitative estimate of drug-likeness (QED) is 0.652. The Labute approximate surface area is 120 Å². The molecule has 0 amide bonds. The van der Waals surface area contributed by atoms with Gasteiger partial charge in [0.1, 0.15) is 0 Å². The molecule has 0 bridgehead atoms. The summed E-state index contributed by atoms with van der Waals surface area (Å²) in [7, 11) is -5.43. The van der Waals surface area contributed by atoms with Gasteiger partial charge in [-0.15, -0.1) is 0 Å². The molecule has 0 spiro atoms. The summed E-state index contributed by atoms with van der Waals surface area (Å²) in [6.45, 7) is 2.96. The van der Waals surface area contributed by atoms with Crippen LogP contribution in [0, 0.1) is 0 Å². The van der Waals surface area contributed by atoms with Crippen LogP contribution in [-0.4, -0.2) is 51.6 Å². The number of hydrogen-bond acceptors (Lipinski definition) is 5. The van der Waals surface area contributed by atoms with E-state index >= 15 is 0 Å². The number of nitrogens with zero attached hydrogens (tertiary/aromatic N) is 1. The van der Waals surface area contributed by atoms with Crippen molar-refractivity contribution in [3.05, 3.63) is 30.3 Å². The van der Waals surface area contributed by atoms with Crippen LogP contribution in [0.3, 0.4) is 0 Å². The molecule has 0 unspecified atom stereocenters. The Hall–Kier alpha value is -0.925. The predicted octanol–water partition coefficient (Wildman–Crippen LogP) is -0.679. The molecule has 0 aromatic heterocycles. The molecule has 0 atom stereocenters. The van der Waals surface area contributed by atoms with Crippen LogP contribution in [-0.2, 0) is 14.4 Å². The Morgan fingerprint density at radius 3 is 2.55 bits per heavy atom. The van der Waals surface area contributed by atoms with E-state index in [1.165, 1.54) is 0 Å². The van der Waals surface area contributed by atoms with Crippen LogP contribution in [0.4, 0.5) is 0 Å². The first-order valence-electron chi connectivity index (χ1n) is 6.70. The maximum absolute atomic E-state index is 11.7. The van der Waals surface area contributed by atoms with E-state index in [0.29, 0.717) is 12.0 Å². The average molecular weight is 298 g/mol. The van der Waals surface area contributed by atoms with Crippen molar-refractivity contribution in [2.24, 2.45) is 0 Å². The SMILES string of the molecule is O=S(=O)(NCCN1CCCC1)OB(O)c1ccccc1. The molecule has 2 N–H and O–H groups in total. The minimum atomic E-state index is -3.95. The van der Waals surface area contributed by atoms with Gasteiger partial charge in [0.25, 0.3) is 0 Å². The van der Waals surface area contributed by atoms with Gasteiger partial charge in [-0.25, -0.2) is 0 Å². The van der Waals surface area contributed by atoms with Crippen molar-refractivity contribution in [3.8, 4) is 0 Å². The lowest BCUT2D eigenvalue weighted by Crippen LogP contribution is -2.41. The molecule has 8 heteroatoms. The van der Waals surface area contributed by atoms with E-state index in [9.17, 15) is 13.4 Å². The minimum Gasteiger partial charge on any atom is -0.422 e. The van der Waals surface area contributed by atoms with Crippen LogP contribution in [0.15, 0.2) is 30.3 Å². The van der Waals surface area contributed by atoms with Gasteiger partial charge in [0.05, 0.1) is 0 Å². The number of likely N-dealkylation sites (tertiary alicyclic amines) is 1. The van der Waals surface area contributed by atoms with Crippen LogP contribution in [0.2, 0.25) is 0 Å². The lowest BCUT2D eigenvalue weighted by atomic mass is 9.80. The summed E-state index contributed by atoms with van der Waals surface area (Å²) in [6, 6.07) is 8.39. The molecule has 0 saturated carbocycles. The normalized spacial score (nSPS) is 16.4. The van der Waals surface area contributed by atoms with Gasteiger partial charge < -0.3 is 9.92 Å². The highest BCUT2D eigenvalue weighted by atomic mass is 32.2. The van der Waals surface area contributed by atoms with Gasteiger partial charge in [0.2, 0.25) is 0 Å². The van der Waals surface area contributed by atoms with Crippen LogP contribution >= 0.6 is 0 Å². The van der Waals surface area contributed by atoms with Crippen molar-refractivity contribution >= 4 is 22.9 Å². The molecule has 2 rings (SSSR count). The highest BCUT2D eigenvalue weighted by Gasteiger charge is 2.24. The molecule has 1 aliphatic heterocycles. The molecule has 0 aliphatic carbocycles. The fourth-order valence-electron chi connectivity index (χ4n) is 2.16.